The van der Waals surface area contributed by atoms with Gasteiger partial charge in [0.2, 0.25) is 0 Å². The lowest BCUT2D eigenvalue weighted by atomic mass is 10.1. The monoisotopic (exact) mass is 361 g/mol. The molecule has 0 unspecified atom stereocenters. The molecule has 3 heterocycles. The molecule has 2 N–H and O–H groups in total. The molecule has 8 nitrogen and oxygen atoms in total. The van der Waals surface area contributed by atoms with Crippen molar-refractivity contribution in [3.05, 3.63) is 47.7 Å². The molecule has 0 saturated carbocycles. The summed E-state index contributed by atoms with van der Waals surface area (Å²) in [7, 11) is 0. The molecular formula is C19H17N6O2. The number of ether oxygens (including phenoxy) is 1. The van der Waals surface area contributed by atoms with Gasteiger partial charge in [0, 0.05) is 35.4 Å². The molecule has 0 bridgehead atoms. The average molecular weight is 361 g/mol. The van der Waals surface area contributed by atoms with E-state index in [-0.39, 0.29) is 5.91 Å². The number of fused-ring (bicyclic) bond motifs is 3. The first kappa shape index (κ1) is 15.8. The summed E-state index contributed by atoms with van der Waals surface area (Å²) in [6.07, 6.45) is 1.67. The van der Waals surface area contributed by atoms with Crippen molar-refractivity contribution in [1.82, 2.24) is 15.6 Å². The Morgan fingerprint density at radius 2 is 1.93 bits per heavy atom. The number of amides is 1. The van der Waals surface area contributed by atoms with Gasteiger partial charge >= 0.3 is 0 Å². The van der Waals surface area contributed by atoms with Crippen LogP contribution in [0.15, 0.2) is 41.5 Å². The molecule has 2 aromatic carbocycles. The van der Waals surface area contributed by atoms with E-state index in [2.05, 4.69) is 30.9 Å². The van der Waals surface area contributed by atoms with Crippen molar-refractivity contribution in [3.63, 3.8) is 0 Å². The molecule has 0 spiro atoms. The number of nitrogens with one attached hydrogen (secondary N) is 2. The first-order chi connectivity index (χ1) is 13.3. The summed E-state index contributed by atoms with van der Waals surface area (Å²) in [5.74, 6) is -0.257. The summed E-state index contributed by atoms with van der Waals surface area (Å²) in [6, 6.07) is 11.5. The van der Waals surface area contributed by atoms with Gasteiger partial charge in [0.05, 0.1) is 30.6 Å². The van der Waals surface area contributed by atoms with E-state index in [1.54, 1.807) is 6.21 Å². The number of hydrogen-bond donors (Lipinski definition) is 2. The lowest BCUT2D eigenvalue weighted by Crippen LogP contribution is -2.36. The Balaban J connectivity index is 1.36. The zero-order valence-electron chi connectivity index (χ0n) is 14.5. The van der Waals surface area contributed by atoms with E-state index in [0.717, 1.165) is 59.8 Å². The van der Waals surface area contributed by atoms with Crippen LogP contribution in [-0.4, -0.2) is 48.6 Å². The second-order valence-electron chi connectivity index (χ2n) is 6.44. The Labute approximate surface area is 155 Å². The number of carbonyl (C=O) groups is 1. The van der Waals surface area contributed by atoms with Gasteiger partial charge in [0.15, 0.2) is 5.69 Å². The molecule has 0 atom stereocenters. The van der Waals surface area contributed by atoms with E-state index in [1.807, 2.05) is 36.4 Å². The molecule has 8 heteroatoms. The molecule has 2 aliphatic heterocycles. The van der Waals surface area contributed by atoms with Crippen LogP contribution >= 0.6 is 0 Å². The van der Waals surface area contributed by atoms with Crippen LogP contribution in [0.2, 0.25) is 0 Å². The number of H-pyrrole nitrogens is 1. The molecule has 5 rings (SSSR count). The van der Waals surface area contributed by atoms with Crippen molar-refractivity contribution in [2.75, 3.05) is 36.5 Å². The van der Waals surface area contributed by atoms with Crippen molar-refractivity contribution < 1.29 is 9.53 Å². The topological polar surface area (TPSA) is 96.7 Å². The summed E-state index contributed by atoms with van der Waals surface area (Å²) < 4.78 is 5.38. The Hall–Kier alpha value is -3.39. The van der Waals surface area contributed by atoms with E-state index >= 15 is 0 Å². The maximum absolute atomic E-state index is 12.7. The molecule has 1 amide bonds. The third-order valence-corrected chi connectivity index (χ3v) is 4.83. The fraction of sp³-hybridized carbons (Fsp3) is 0.211. The van der Waals surface area contributed by atoms with Gasteiger partial charge in [0.25, 0.3) is 5.91 Å². The molecule has 27 heavy (non-hydrogen) atoms. The fourth-order valence-corrected chi connectivity index (χ4v) is 3.41. The van der Waals surface area contributed by atoms with Gasteiger partial charge in [-0.3, -0.25) is 9.89 Å². The van der Waals surface area contributed by atoms with Crippen LogP contribution < -0.4 is 15.6 Å². The number of aromatic nitrogens is 2. The first-order valence-electron chi connectivity index (χ1n) is 8.79. The number of carbonyl (C=O) groups excluding carboxylic acids is 1. The van der Waals surface area contributed by atoms with Gasteiger partial charge in [-0.25, -0.2) is 0 Å². The van der Waals surface area contributed by atoms with E-state index in [4.69, 9.17) is 4.74 Å². The number of benzene rings is 2. The third kappa shape index (κ3) is 2.80. The summed E-state index contributed by atoms with van der Waals surface area (Å²) >= 11 is 0. The third-order valence-electron chi connectivity index (χ3n) is 4.83. The van der Waals surface area contributed by atoms with Gasteiger partial charge in [-0.05, 0) is 36.4 Å². The van der Waals surface area contributed by atoms with Gasteiger partial charge in [-0.15, -0.1) is 0 Å². The zero-order valence-corrected chi connectivity index (χ0v) is 14.5. The van der Waals surface area contributed by atoms with E-state index in [0.29, 0.717) is 5.69 Å². The highest BCUT2D eigenvalue weighted by Crippen LogP contribution is 2.28. The minimum atomic E-state index is -0.257. The van der Waals surface area contributed by atoms with E-state index < -0.39 is 0 Å². The van der Waals surface area contributed by atoms with E-state index in [9.17, 15) is 4.79 Å². The molecule has 1 radical (unpaired) electrons. The van der Waals surface area contributed by atoms with Crippen molar-refractivity contribution in [3.8, 4) is 0 Å². The predicted molar refractivity (Wildman–Crippen MR) is 103 cm³/mol. The predicted octanol–water partition coefficient (Wildman–Crippen LogP) is 2.24. The standard InChI is InChI=1S/C19H17N6O2/c26-19(18-14-5-6-16-15(11-20-22-16)17(14)23-24-18)21-12-1-3-13(4-2-12)25-7-9-27-10-8-25/h1-6,11H,7-10H2,(H,21,26)(H,23,24). The second-order valence-corrected chi connectivity index (χ2v) is 6.44. The highest BCUT2D eigenvalue weighted by Gasteiger charge is 2.20. The van der Waals surface area contributed by atoms with Gasteiger partial charge < -0.3 is 15.0 Å². The number of aromatic amines is 1. The van der Waals surface area contributed by atoms with Crippen molar-refractivity contribution in [1.29, 1.82) is 0 Å². The number of morpholine rings is 1. The maximum atomic E-state index is 12.7. The Bertz CT molecular complexity index is 1030. The van der Waals surface area contributed by atoms with Gasteiger partial charge in [-0.1, -0.05) is 0 Å². The average Bonchev–Trinajstić information content (AvgIpc) is 3.35. The number of anilines is 2. The van der Waals surface area contributed by atoms with Crippen molar-refractivity contribution in [2.24, 2.45) is 5.10 Å². The van der Waals surface area contributed by atoms with Crippen LogP contribution in [0.3, 0.4) is 0 Å². The molecular weight excluding hydrogens is 344 g/mol. The highest BCUT2D eigenvalue weighted by atomic mass is 16.5. The Morgan fingerprint density at radius 3 is 2.74 bits per heavy atom. The van der Waals surface area contributed by atoms with Crippen LogP contribution in [-0.2, 0) is 4.74 Å². The molecule has 3 aromatic rings. The number of rotatable bonds is 3. The second kappa shape index (κ2) is 6.40. The summed E-state index contributed by atoms with van der Waals surface area (Å²) in [5.41, 5.74) is 8.63. The molecule has 0 aliphatic carbocycles. The van der Waals surface area contributed by atoms with Crippen LogP contribution in [0.5, 0.6) is 0 Å². The largest absolute Gasteiger partial charge is 0.378 e. The van der Waals surface area contributed by atoms with Gasteiger partial charge in [0.1, 0.15) is 0 Å². The fourth-order valence-electron chi connectivity index (χ4n) is 3.41. The summed E-state index contributed by atoms with van der Waals surface area (Å²) in [6.45, 7) is 3.24. The van der Waals surface area contributed by atoms with Gasteiger partial charge in [-0.2, -0.15) is 15.6 Å². The molecule has 1 fully saturated rings. The minimum absolute atomic E-state index is 0.257. The molecule has 1 saturated heterocycles. The molecule has 135 valence electrons. The lowest BCUT2D eigenvalue weighted by Gasteiger charge is -2.28. The summed E-state index contributed by atoms with van der Waals surface area (Å²) in [5, 5.41) is 14.7. The normalized spacial score (nSPS) is 15.6. The van der Waals surface area contributed by atoms with Crippen LogP contribution in [0, 0.1) is 0 Å². The molecule has 1 aromatic heterocycles. The molecule has 2 aliphatic rings. The number of nitrogens with zero attached hydrogens (tertiary/aromatic N) is 4. The van der Waals surface area contributed by atoms with Crippen molar-refractivity contribution in [2.45, 2.75) is 0 Å². The lowest BCUT2D eigenvalue weighted by molar-refractivity contribution is 0.102. The van der Waals surface area contributed by atoms with Crippen LogP contribution in [0.4, 0.5) is 17.1 Å². The first-order valence-corrected chi connectivity index (χ1v) is 8.79. The maximum Gasteiger partial charge on any atom is 0.276 e. The Morgan fingerprint density at radius 1 is 1.11 bits per heavy atom. The number of hydrogen-bond acceptors (Lipinski definition) is 5. The van der Waals surface area contributed by atoms with Crippen LogP contribution in [0.25, 0.3) is 10.9 Å². The van der Waals surface area contributed by atoms with Crippen LogP contribution in [0.1, 0.15) is 16.1 Å². The van der Waals surface area contributed by atoms with Crippen molar-refractivity contribution >= 4 is 40.1 Å². The SMILES string of the molecule is O=C(Nc1ccc(N2CCOCC2)cc1)c1n[nH]c2c3c(ccc12)[N]N=C3. The minimum Gasteiger partial charge on any atom is -0.378 e. The van der Waals surface area contributed by atoms with E-state index in [1.165, 1.54) is 0 Å². The zero-order chi connectivity index (χ0) is 18.2. The smallest absolute Gasteiger partial charge is 0.276 e. The Kier molecular flexibility index (Phi) is 3.75. The highest BCUT2D eigenvalue weighted by molar-refractivity contribution is 6.14. The summed E-state index contributed by atoms with van der Waals surface area (Å²) in [4.78, 5) is 15.0. The quantitative estimate of drug-likeness (QED) is 0.748.